The Morgan fingerprint density at radius 3 is 2.77 bits per heavy atom. The lowest BCUT2D eigenvalue weighted by Gasteiger charge is -2.08. The van der Waals surface area contributed by atoms with Crippen molar-refractivity contribution in [2.75, 3.05) is 0 Å². The molecule has 0 aliphatic rings. The maximum absolute atomic E-state index is 13.1. The standard InChI is InChI=1S/C9H7BrFNO/c1-5-2-3-6(11)8(9(5)10)7(13)4-12/h2-3,7,13H,1H3. The molecule has 0 aliphatic carbocycles. The number of benzene rings is 1. The molecule has 4 heteroatoms. The normalized spacial score (nSPS) is 12.2. The van der Waals surface area contributed by atoms with Crippen LogP contribution in [0.5, 0.6) is 0 Å². The average molecular weight is 244 g/mol. The number of aryl methyl sites for hydroxylation is 1. The van der Waals surface area contributed by atoms with E-state index in [1.165, 1.54) is 6.07 Å². The number of hydrogen-bond acceptors (Lipinski definition) is 2. The highest BCUT2D eigenvalue weighted by Gasteiger charge is 2.16. The summed E-state index contributed by atoms with van der Waals surface area (Å²) in [6.07, 6.45) is -1.42. The van der Waals surface area contributed by atoms with Crippen LogP contribution in [0.3, 0.4) is 0 Å². The first-order chi connectivity index (χ1) is 6.07. The summed E-state index contributed by atoms with van der Waals surface area (Å²) in [6, 6.07) is 4.38. The zero-order valence-corrected chi connectivity index (χ0v) is 8.47. The van der Waals surface area contributed by atoms with Gasteiger partial charge in [0.25, 0.3) is 0 Å². The van der Waals surface area contributed by atoms with Crippen LogP contribution in [0.1, 0.15) is 17.2 Å². The van der Waals surface area contributed by atoms with Crippen LogP contribution in [-0.4, -0.2) is 5.11 Å². The van der Waals surface area contributed by atoms with Gasteiger partial charge in [0.1, 0.15) is 5.82 Å². The summed E-state index contributed by atoms with van der Waals surface area (Å²) >= 11 is 3.12. The molecule has 0 radical (unpaired) electrons. The van der Waals surface area contributed by atoms with E-state index in [0.717, 1.165) is 5.56 Å². The number of aliphatic hydroxyl groups excluding tert-OH is 1. The van der Waals surface area contributed by atoms with E-state index in [4.69, 9.17) is 5.26 Å². The van der Waals surface area contributed by atoms with Crippen molar-refractivity contribution in [2.45, 2.75) is 13.0 Å². The van der Waals surface area contributed by atoms with E-state index >= 15 is 0 Å². The zero-order chi connectivity index (χ0) is 10.0. The third kappa shape index (κ3) is 1.87. The van der Waals surface area contributed by atoms with Crippen LogP contribution in [-0.2, 0) is 0 Å². The first kappa shape index (κ1) is 10.2. The molecule has 0 spiro atoms. The molecule has 1 unspecified atom stereocenters. The molecule has 0 saturated carbocycles. The molecule has 68 valence electrons. The Labute approximate surface area is 83.7 Å². The molecule has 0 aromatic heterocycles. The second-order valence-electron chi connectivity index (χ2n) is 2.62. The van der Waals surface area contributed by atoms with Crippen molar-refractivity contribution in [2.24, 2.45) is 0 Å². The second-order valence-corrected chi connectivity index (χ2v) is 3.42. The highest BCUT2D eigenvalue weighted by Crippen LogP contribution is 2.28. The van der Waals surface area contributed by atoms with E-state index in [2.05, 4.69) is 15.9 Å². The van der Waals surface area contributed by atoms with Gasteiger partial charge >= 0.3 is 0 Å². The summed E-state index contributed by atoms with van der Waals surface area (Å²) < 4.78 is 13.6. The third-order valence-electron chi connectivity index (χ3n) is 1.72. The minimum absolute atomic E-state index is 0.00231. The summed E-state index contributed by atoms with van der Waals surface area (Å²) in [5.41, 5.74) is 0.785. The number of nitrogens with zero attached hydrogens (tertiary/aromatic N) is 1. The van der Waals surface area contributed by atoms with Gasteiger partial charge in [0.2, 0.25) is 0 Å². The molecule has 1 aromatic rings. The van der Waals surface area contributed by atoms with Gasteiger partial charge in [0.05, 0.1) is 6.07 Å². The fourth-order valence-corrected chi connectivity index (χ4v) is 1.53. The van der Waals surface area contributed by atoms with Crippen LogP contribution >= 0.6 is 15.9 Å². The van der Waals surface area contributed by atoms with E-state index in [1.807, 2.05) is 0 Å². The minimum Gasteiger partial charge on any atom is -0.374 e. The van der Waals surface area contributed by atoms with Crippen molar-refractivity contribution in [3.8, 4) is 6.07 Å². The van der Waals surface area contributed by atoms with E-state index < -0.39 is 11.9 Å². The van der Waals surface area contributed by atoms with E-state index in [1.54, 1.807) is 19.1 Å². The number of nitriles is 1. The summed E-state index contributed by atoms with van der Waals surface area (Å²) in [6.45, 7) is 1.76. The number of halogens is 2. The van der Waals surface area contributed by atoms with Crippen LogP contribution in [0.25, 0.3) is 0 Å². The van der Waals surface area contributed by atoms with Gasteiger partial charge < -0.3 is 5.11 Å². The Balaban J connectivity index is 3.35. The SMILES string of the molecule is Cc1ccc(F)c(C(O)C#N)c1Br. The summed E-state index contributed by atoms with van der Waals surface area (Å²) in [7, 11) is 0. The van der Waals surface area contributed by atoms with Crippen LogP contribution < -0.4 is 0 Å². The second kappa shape index (κ2) is 3.86. The summed E-state index contributed by atoms with van der Waals surface area (Å²) in [4.78, 5) is 0. The van der Waals surface area contributed by atoms with Crippen LogP contribution in [0, 0.1) is 24.1 Å². The van der Waals surface area contributed by atoms with E-state index in [0.29, 0.717) is 4.47 Å². The van der Waals surface area contributed by atoms with E-state index in [-0.39, 0.29) is 5.56 Å². The Bertz CT molecular complexity index is 373. The van der Waals surface area contributed by atoms with Gasteiger partial charge in [0.15, 0.2) is 6.10 Å². The number of hydrogen-bond donors (Lipinski definition) is 1. The number of rotatable bonds is 1. The fourth-order valence-electron chi connectivity index (χ4n) is 0.994. The van der Waals surface area contributed by atoms with Crippen molar-refractivity contribution < 1.29 is 9.50 Å². The van der Waals surface area contributed by atoms with Crippen molar-refractivity contribution in [3.63, 3.8) is 0 Å². The third-order valence-corrected chi connectivity index (χ3v) is 2.77. The van der Waals surface area contributed by atoms with Gasteiger partial charge in [-0.1, -0.05) is 6.07 Å². The molecular weight excluding hydrogens is 237 g/mol. The van der Waals surface area contributed by atoms with Gasteiger partial charge in [0, 0.05) is 10.0 Å². The predicted octanol–water partition coefficient (Wildman–Crippen LogP) is 2.45. The molecule has 1 rings (SSSR count). The lowest BCUT2D eigenvalue weighted by atomic mass is 10.1. The molecule has 2 nitrogen and oxygen atoms in total. The average Bonchev–Trinajstić information content (AvgIpc) is 2.12. The fraction of sp³-hybridized carbons (Fsp3) is 0.222. The predicted molar refractivity (Wildman–Crippen MR) is 49.4 cm³/mol. The minimum atomic E-state index is -1.42. The maximum atomic E-state index is 13.1. The van der Waals surface area contributed by atoms with Gasteiger partial charge in [-0.3, -0.25) is 0 Å². The zero-order valence-electron chi connectivity index (χ0n) is 6.88. The molecule has 0 fully saturated rings. The highest BCUT2D eigenvalue weighted by atomic mass is 79.9. The van der Waals surface area contributed by atoms with Crippen molar-refractivity contribution >= 4 is 15.9 Å². The first-order valence-corrected chi connectivity index (χ1v) is 4.39. The first-order valence-electron chi connectivity index (χ1n) is 3.60. The molecule has 13 heavy (non-hydrogen) atoms. The lowest BCUT2D eigenvalue weighted by Crippen LogP contribution is -2.00. The molecule has 0 aliphatic heterocycles. The largest absolute Gasteiger partial charge is 0.374 e. The monoisotopic (exact) mass is 243 g/mol. The maximum Gasteiger partial charge on any atom is 0.169 e. The molecule has 0 heterocycles. The van der Waals surface area contributed by atoms with Crippen molar-refractivity contribution in [1.82, 2.24) is 0 Å². The summed E-state index contributed by atoms with van der Waals surface area (Å²) in [5, 5.41) is 17.6. The van der Waals surface area contributed by atoms with Gasteiger partial charge in [-0.2, -0.15) is 5.26 Å². The Morgan fingerprint density at radius 1 is 1.62 bits per heavy atom. The molecule has 1 aromatic carbocycles. The number of aliphatic hydroxyl groups is 1. The van der Waals surface area contributed by atoms with Gasteiger partial charge in [-0.05, 0) is 34.5 Å². The lowest BCUT2D eigenvalue weighted by molar-refractivity contribution is 0.229. The van der Waals surface area contributed by atoms with Gasteiger partial charge in [-0.15, -0.1) is 0 Å². The molecule has 0 amide bonds. The van der Waals surface area contributed by atoms with E-state index in [9.17, 15) is 9.50 Å². The van der Waals surface area contributed by atoms with Crippen LogP contribution in [0.2, 0.25) is 0 Å². The van der Waals surface area contributed by atoms with Crippen LogP contribution in [0.15, 0.2) is 16.6 Å². The Kier molecular flexibility index (Phi) is 3.02. The molecule has 0 bridgehead atoms. The molecular formula is C9H7BrFNO. The smallest absolute Gasteiger partial charge is 0.169 e. The highest BCUT2D eigenvalue weighted by molar-refractivity contribution is 9.10. The molecule has 1 atom stereocenters. The molecule has 1 N–H and O–H groups in total. The molecule has 0 saturated heterocycles. The van der Waals surface area contributed by atoms with Crippen LogP contribution in [0.4, 0.5) is 4.39 Å². The Morgan fingerprint density at radius 2 is 2.23 bits per heavy atom. The van der Waals surface area contributed by atoms with Crippen molar-refractivity contribution in [3.05, 3.63) is 33.5 Å². The quantitative estimate of drug-likeness (QED) is 0.771. The summed E-state index contributed by atoms with van der Waals surface area (Å²) in [5.74, 6) is -0.577. The van der Waals surface area contributed by atoms with Gasteiger partial charge in [-0.25, -0.2) is 4.39 Å². The van der Waals surface area contributed by atoms with Crippen molar-refractivity contribution in [1.29, 1.82) is 5.26 Å². The topological polar surface area (TPSA) is 44.0 Å². The Hall–Kier alpha value is -0.920.